The summed E-state index contributed by atoms with van der Waals surface area (Å²) in [7, 11) is 0. The van der Waals surface area contributed by atoms with Crippen molar-refractivity contribution in [2.75, 3.05) is 12.3 Å². The van der Waals surface area contributed by atoms with Crippen LogP contribution >= 0.6 is 0 Å². The van der Waals surface area contributed by atoms with Crippen LogP contribution in [0.25, 0.3) is 0 Å². The van der Waals surface area contributed by atoms with Gasteiger partial charge < -0.3 is 10.5 Å². The Kier molecular flexibility index (Phi) is 3.41. The molecule has 5 nitrogen and oxygen atoms in total. The summed E-state index contributed by atoms with van der Waals surface area (Å²) in [5, 5.41) is 4.22. The molecule has 104 valence electrons. The predicted molar refractivity (Wildman–Crippen MR) is 76.7 cm³/mol. The summed E-state index contributed by atoms with van der Waals surface area (Å²) in [6.45, 7) is 1.04. The van der Waals surface area contributed by atoms with Gasteiger partial charge >= 0.3 is 0 Å². The third-order valence-electron chi connectivity index (χ3n) is 3.32. The normalized spacial score (nSPS) is 14.2. The molecular weight excluding hydrogens is 254 g/mol. The van der Waals surface area contributed by atoms with E-state index >= 15 is 0 Å². The summed E-state index contributed by atoms with van der Waals surface area (Å²) < 4.78 is 6.98. The van der Waals surface area contributed by atoms with Gasteiger partial charge in [0.2, 0.25) is 0 Å². The van der Waals surface area contributed by atoms with Crippen molar-refractivity contribution >= 4 is 5.69 Å². The molecule has 1 fully saturated rings. The van der Waals surface area contributed by atoms with Gasteiger partial charge in [0.05, 0.1) is 13.2 Å². The molecule has 0 bridgehead atoms. The Bertz CT molecular complexity index is 648. The quantitative estimate of drug-likeness (QED) is 0.898. The fourth-order valence-corrected chi connectivity index (χ4v) is 1.95. The second kappa shape index (κ2) is 5.36. The fraction of sp³-hybridized carbons (Fsp3) is 0.333. The van der Waals surface area contributed by atoms with Crippen molar-refractivity contribution in [1.82, 2.24) is 9.78 Å². The molecule has 0 saturated heterocycles. The van der Waals surface area contributed by atoms with Crippen molar-refractivity contribution in [2.24, 2.45) is 5.92 Å². The molecule has 0 atom stereocenters. The van der Waals surface area contributed by atoms with Crippen LogP contribution in [0.3, 0.4) is 0 Å². The molecule has 3 rings (SSSR count). The van der Waals surface area contributed by atoms with Crippen molar-refractivity contribution in [3.63, 3.8) is 0 Å². The van der Waals surface area contributed by atoms with E-state index < -0.39 is 0 Å². The van der Waals surface area contributed by atoms with Crippen LogP contribution in [0, 0.1) is 5.92 Å². The molecule has 0 radical (unpaired) electrons. The number of aromatic nitrogens is 2. The monoisotopic (exact) mass is 271 g/mol. The third kappa shape index (κ3) is 2.99. The molecule has 5 heteroatoms. The lowest BCUT2D eigenvalue weighted by molar-refractivity contribution is 0.281. The highest BCUT2D eigenvalue weighted by Gasteiger charge is 2.22. The van der Waals surface area contributed by atoms with Gasteiger partial charge in [-0.1, -0.05) is 30.3 Å². The van der Waals surface area contributed by atoms with Crippen LogP contribution in [-0.4, -0.2) is 16.4 Å². The number of benzene rings is 1. The number of hydrogen-bond donors (Lipinski definition) is 1. The minimum Gasteiger partial charge on any atom is -0.475 e. The van der Waals surface area contributed by atoms with E-state index in [1.807, 2.05) is 30.3 Å². The van der Waals surface area contributed by atoms with E-state index in [2.05, 4.69) is 5.10 Å². The maximum Gasteiger partial charge on any atom is 0.269 e. The molecule has 2 aromatic rings. The predicted octanol–water partition coefficient (Wildman–Crippen LogP) is 1.66. The Morgan fingerprint density at radius 2 is 2.05 bits per heavy atom. The van der Waals surface area contributed by atoms with Crippen molar-refractivity contribution in [1.29, 1.82) is 0 Å². The third-order valence-corrected chi connectivity index (χ3v) is 3.32. The molecule has 0 amide bonds. The van der Waals surface area contributed by atoms with Gasteiger partial charge in [-0.05, 0) is 24.3 Å². The second-order valence-electron chi connectivity index (χ2n) is 5.14. The van der Waals surface area contributed by atoms with Crippen LogP contribution in [0.4, 0.5) is 5.69 Å². The molecule has 0 spiro atoms. The van der Waals surface area contributed by atoms with E-state index in [1.54, 1.807) is 0 Å². The molecule has 1 aliphatic rings. The summed E-state index contributed by atoms with van der Waals surface area (Å²) in [6.07, 6.45) is 2.40. The van der Waals surface area contributed by atoms with E-state index in [1.165, 1.54) is 23.6 Å². The number of nitrogen functional groups attached to an aromatic ring is 1. The number of ether oxygens (including phenoxy) is 1. The zero-order chi connectivity index (χ0) is 13.9. The smallest absolute Gasteiger partial charge is 0.269 e. The minimum absolute atomic E-state index is 0.217. The molecule has 0 aliphatic heterocycles. The van der Waals surface area contributed by atoms with Crippen molar-refractivity contribution in [2.45, 2.75) is 19.4 Å². The maximum atomic E-state index is 11.9. The average Bonchev–Trinajstić information content (AvgIpc) is 3.26. The van der Waals surface area contributed by atoms with Crippen LogP contribution < -0.4 is 16.0 Å². The molecule has 2 N–H and O–H groups in total. The van der Waals surface area contributed by atoms with Crippen LogP contribution in [0.2, 0.25) is 0 Å². The van der Waals surface area contributed by atoms with Crippen LogP contribution in [0.1, 0.15) is 18.4 Å². The molecule has 1 aliphatic carbocycles. The number of nitrogens with zero attached hydrogens (tertiary/aromatic N) is 2. The van der Waals surface area contributed by atoms with E-state index in [0.717, 1.165) is 5.56 Å². The Labute approximate surface area is 117 Å². The first-order valence-corrected chi connectivity index (χ1v) is 6.77. The number of hydrogen-bond acceptors (Lipinski definition) is 4. The standard InChI is InChI=1S/C15H17N3O2/c16-13-8-14(19)18(9-11-4-2-1-3-5-11)17-15(13)20-10-12-6-7-12/h1-5,8,12H,6-7,9-10,16H2. The number of nitrogens with two attached hydrogens (primary N) is 1. The van der Waals surface area contributed by atoms with E-state index in [-0.39, 0.29) is 5.56 Å². The lowest BCUT2D eigenvalue weighted by Gasteiger charge is -2.10. The first kappa shape index (κ1) is 12.7. The highest BCUT2D eigenvalue weighted by atomic mass is 16.5. The Morgan fingerprint density at radius 3 is 2.75 bits per heavy atom. The number of rotatable bonds is 5. The molecule has 1 aromatic carbocycles. The van der Waals surface area contributed by atoms with Crippen molar-refractivity contribution in [3.05, 3.63) is 52.3 Å². The summed E-state index contributed by atoms with van der Waals surface area (Å²) in [4.78, 5) is 11.9. The molecule has 1 aromatic heterocycles. The summed E-state index contributed by atoms with van der Waals surface area (Å²) in [5.41, 5.74) is 6.89. The van der Waals surface area contributed by atoms with Crippen LogP contribution in [0.5, 0.6) is 5.88 Å². The van der Waals surface area contributed by atoms with Crippen molar-refractivity contribution in [3.8, 4) is 5.88 Å². The zero-order valence-corrected chi connectivity index (χ0v) is 11.2. The summed E-state index contributed by atoms with van der Waals surface area (Å²) in [5.74, 6) is 0.970. The number of anilines is 1. The van der Waals surface area contributed by atoms with Gasteiger partial charge in [-0.2, -0.15) is 0 Å². The largest absolute Gasteiger partial charge is 0.475 e. The van der Waals surface area contributed by atoms with Crippen molar-refractivity contribution < 1.29 is 4.74 Å². The highest BCUT2D eigenvalue weighted by molar-refractivity contribution is 5.46. The van der Waals surface area contributed by atoms with Gasteiger partial charge in [-0.3, -0.25) is 4.79 Å². The molecular formula is C15H17N3O2. The highest BCUT2D eigenvalue weighted by Crippen LogP contribution is 2.29. The first-order valence-electron chi connectivity index (χ1n) is 6.77. The van der Waals surface area contributed by atoms with E-state index in [0.29, 0.717) is 30.6 Å². The van der Waals surface area contributed by atoms with Gasteiger partial charge in [-0.15, -0.1) is 5.10 Å². The maximum absolute atomic E-state index is 11.9. The zero-order valence-electron chi connectivity index (χ0n) is 11.2. The topological polar surface area (TPSA) is 70.1 Å². The van der Waals surface area contributed by atoms with E-state index in [9.17, 15) is 4.79 Å². The average molecular weight is 271 g/mol. The Morgan fingerprint density at radius 1 is 1.30 bits per heavy atom. The van der Waals surface area contributed by atoms with Gasteiger partial charge in [-0.25, -0.2) is 4.68 Å². The van der Waals surface area contributed by atoms with Crippen LogP contribution in [0.15, 0.2) is 41.2 Å². The Hall–Kier alpha value is -2.30. The lowest BCUT2D eigenvalue weighted by Crippen LogP contribution is -2.24. The van der Waals surface area contributed by atoms with Gasteiger partial charge in [0.1, 0.15) is 5.69 Å². The molecule has 1 saturated carbocycles. The van der Waals surface area contributed by atoms with Gasteiger partial charge in [0.15, 0.2) is 0 Å². The lowest BCUT2D eigenvalue weighted by atomic mass is 10.2. The second-order valence-corrected chi connectivity index (χ2v) is 5.14. The minimum atomic E-state index is -0.217. The molecule has 1 heterocycles. The SMILES string of the molecule is Nc1cc(=O)n(Cc2ccccc2)nc1OCC1CC1. The molecule has 0 unspecified atom stereocenters. The summed E-state index contributed by atoms with van der Waals surface area (Å²) >= 11 is 0. The van der Waals surface area contributed by atoms with Gasteiger partial charge in [0, 0.05) is 6.07 Å². The Balaban J connectivity index is 1.82. The van der Waals surface area contributed by atoms with Crippen LogP contribution in [-0.2, 0) is 6.54 Å². The van der Waals surface area contributed by atoms with Gasteiger partial charge in [0.25, 0.3) is 11.4 Å². The molecule has 20 heavy (non-hydrogen) atoms. The fourth-order valence-electron chi connectivity index (χ4n) is 1.95. The summed E-state index contributed by atoms with van der Waals surface area (Å²) in [6, 6.07) is 11.1. The first-order chi connectivity index (χ1) is 9.72. The van der Waals surface area contributed by atoms with E-state index in [4.69, 9.17) is 10.5 Å².